The van der Waals surface area contributed by atoms with Crippen LogP contribution in [0.15, 0.2) is 12.4 Å². The van der Waals surface area contributed by atoms with Gasteiger partial charge in [0.25, 0.3) is 0 Å². The summed E-state index contributed by atoms with van der Waals surface area (Å²) >= 11 is 1.85. The first kappa shape index (κ1) is 11.0. The Labute approximate surface area is 115 Å². The maximum Gasteiger partial charge on any atom is 0.185 e. The van der Waals surface area contributed by atoms with E-state index in [2.05, 4.69) is 16.1 Å². The van der Waals surface area contributed by atoms with Crippen LogP contribution in [0.2, 0.25) is 0 Å². The number of nitrogens with zero attached hydrogens (tertiary/aromatic N) is 5. The fourth-order valence-electron chi connectivity index (χ4n) is 2.69. The van der Waals surface area contributed by atoms with Crippen molar-refractivity contribution in [1.29, 1.82) is 5.26 Å². The van der Waals surface area contributed by atoms with Gasteiger partial charge in [0.2, 0.25) is 0 Å². The standard InChI is InChI=1S/C13H13N5S/c14-4-9-5-15-18(6-9)10-7-17(8-10)13-16-11-2-1-3-12(11)19-13/h5-6,10H,1-3,7-8H2. The Balaban J connectivity index is 1.46. The summed E-state index contributed by atoms with van der Waals surface area (Å²) in [6.07, 6.45) is 7.06. The van der Waals surface area contributed by atoms with Crippen LogP contribution >= 0.6 is 11.3 Å². The number of nitriles is 1. The lowest BCUT2D eigenvalue weighted by Crippen LogP contribution is -2.48. The average Bonchev–Trinajstić information content (AvgIpc) is 3.00. The van der Waals surface area contributed by atoms with Gasteiger partial charge in [0.05, 0.1) is 23.5 Å². The van der Waals surface area contributed by atoms with Gasteiger partial charge in [-0.3, -0.25) is 4.68 Å². The molecule has 0 aromatic carbocycles. The van der Waals surface area contributed by atoms with E-state index in [0.29, 0.717) is 11.6 Å². The third-order valence-corrected chi connectivity index (χ3v) is 5.04. The van der Waals surface area contributed by atoms with E-state index < -0.39 is 0 Å². The van der Waals surface area contributed by atoms with Gasteiger partial charge in [-0.15, -0.1) is 11.3 Å². The first-order chi connectivity index (χ1) is 9.33. The summed E-state index contributed by atoms with van der Waals surface area (Å²) < 4.78 is 1.90. The van der Waals surface area contributed by atoms with E-state index >= 15 is 0 Å². The van der Waals surface area contributed by atoms with Gasteiger partial charge in [-0.1, -0.05) is 0 Å². The van der Waals surface area contributed by atoms with Crippen molar-refractivity contribution in [3.05, 3.63) is 28.5 Å². The van der Waals surface area contributed by atoms with Crippen molar-refractivity contribution < 1.29 is 0 Å². The van der Waals surface area contributed by atoms with Gasteiger partial charge in [-0.25, -0.2) is 4.98 Å². The molecule has 2 aliphatic rings. The van der Waals surface area contributed by atoms with Gasteiger partial charge < -0.3 is 4.90 Å². The predicted octanol–water partition coefficient (Wildman–Crippen LogP) is 1.76. The van der Waals surface area contributed by atoms with Crippen molar-refractivity contribution in [3.63, 3.8) is 0 Å². The van der Waals surface area contributed by atoms with E-state index in [1.54, 1.807) is 6.20 Å². The summed E-state index contributed by atoms with van der Waals surface area (Å²) in [4.78, 5) is 8.51. The first-order valence-electron chi connectivity index (χ1n) is 6.51. The second kappa shape index (κ2) is 4.07. The van der Waals surface area contributed by atoms with Crippen LogP contribution in [-0.2, 0) is 12.8 Å². The summed E-state index contributed by atoms with van der Waals surface area (Å²) in [5.41, 5.74) is 1.95. The molecule has 1 aliphatic carbocycles. The van der Waals surface area contributed by atoms with Crippen molar-refractivity contribution in [2.75, 3.05) is 18.0 Å². The van der Waals surface area contributed by atoms with Crippen LogP contribution in [0.25, 0.3) is 0 Å². The fourth-order valence-corrected chi connectivity index (χ4v) is 3.85. The smallest absolute Gasteiger partial charge is 0.185 e. The van der Waals surface area contributed by atoms with E-state index in [1.165, 1.54) is 23.4 Å². The van der Waals surface area contributed by atoms with Gasteiger partial charge in [-0.2, -0.15) is 10.4 Å². The molecule has 0 unspecified atom stereocenters. The molecule has 4 rings (SSSR count). The molecule has 2 aromatic rings. The molecule has 0 spiro atoms. The molecule has 0 atom stereocenters. The zero-order valence-corrected chi connectivity index (χ0v) is 11.2. The first-order valence-corrected chi connectivity index (χ1v) is 7.33. The fraction of sp³-hybridized carbons (Fsp3) is 0.462. The molecule has 1 fully saturated rings. The second-order valence-electron chi connectivity index (χ2n) is 5.10. The van der Waals surface area contributed by atoms with Crippen LogP contribution < -0.4 is 4.90 Å². The van der Waals surface area contributed by atoms with Gasteiger partial charge >= 0.3 is 0 Å². The molecule has 96 valence electrons. The van der Waals surface area contributed by atoms with Crippen molar-refractivity contribution >= 4 is 16.5 Å². The highest BCUT2D eigenvalue weighted by atomic mass is 32.1. The molecule has 0 N–H and O–H groups in total. The summed E-state index contributed by atoms with van der Waals surface area (Å²) in [6.45, 7) is 1.89. The SMILES string of the molecule is N#Cc1cnn(C2CN(c3nc4c(s3)CCC4)C2)c1. The predicted molar refractivity (Wildman–Crippen MR) is 72.3 cm³/mol. The van der Waals surface area contributed by atoms with Gasteiger partial charge in [0.1, 0.15) is 6.07 Å². The number of anilines is 1. The van der Waals surface area contributed by atoms with Crippen molar-refractivity contribution in [2.45, 2.75) is 25.3 Å². The molecular weight excluding hydrogens is 258 g/mol. The molecule has 1 saturated heterocycles. The molecule has 0 amide bonds. The van der Waals surface area contributed by atoms with E-state index in [1.807, 2.05) is 22.2 Å². The second-order valence-corrected chi connectivity index (χ2v) is 6.16. The van der Waals surface area contributed by atoms with Crippen LogP contribution in [-0.4, -0.2) is 27.9 Å². The topological polar surface area (TPSA) is 57.7 Å². The van der Waals surface area contributed by atoms with E-state index in [9.17, 15) is 0 Å². The third kappa shape index (κ3) is 1.73. The molecule has 3 heterocycles. The van der Waals surface area contributed by atoms with Crippen LogP contribution in [0.4, 0.5) is 5.13 Å². The highest BCUT2D eigenvalue weighted by Crippen LogP contribution is 2.36. The molecule has 5 nitrogen and oxygen atoms in total. The molecule has 1 aliphatic heterocycles. The Morgan fingerprint density at radius 2 is 2.26 bits per heavy atom. The number of aryl methyl sites for hydroxylation is 2. The lowest BCUT2D eigenvalue weighted by Gasteiger charge is -2.39. The summed E-state index contributed by atoms with van der Waals surface area (Å²) in [7, 11) is 0. The van der Waals surface area contributed by atoms with Crippen LogP contribution in [0.3, 0.4) is 0 Å². The molecule has 6 heteroatoms. The summed E-state index contributed by atoms with van der Waals surface area (Å²) in [5.74, 6) is 0. The van der Waals surface area contributed by atoms with Crippen molar-refractivity contribution in [3.8, 4) is 6.07 Å². The largest absolute Gasteiger partial charge is 0.344 e. The average molecular weight is 271 g/mol. The van der Waals surface area contributed by atoms with Gasteiger partial charge in [0, 0.05) is 24.2 Å². The molecule has 19 heavy (non-hydrogen) atoms. The minimum absolute atomic E-state index is 0.376. The lowest BCUT2D eigenvalue weighted by atomic mass is 10.1. The highest BCUT2D eigenvalue weighted by Gasteiger charge is 2.32. The molecule has 2 aromatic heterocycles. The highest BCUT2D eigenvalue weighted by molar-refractivity contribution is 7.15. The molecule has 0 bridgehead atoms. The normalized spacial score (nSPS) is 18.2. The Bertz CT molecular complexity index is 637. The van der Waals surface area contributed by atoms with Gasteiger partial charge in [0.15, 0.2) is 5.13 Å². The monoisotopic (exact) mass is 271 g/mol. The Hall–Kier alpha value is -1.87. The molecule has 0 radical (unpaired) electrons. The summed E-state index contributed by atoms with van der Waals surface area (Å²) in [6, 6.07) is 2.49. The zero-order valence-electron chi connectivity index (χ0n) is 10.4. The number of rotatable bonds is 2. The Morgan fingerprint density at radius 1 is 1.37 bits per heavy atom. The van der Waals surface area contributed by atoms with Crippen LogP contribution in [0.5, 0.6) is 0 Å². The lowest BCUT2D eigenvalue weighted by molar-refractivity contribution is 0.367. The Kier molecular flexibility index (Phi) is 2.35. The minimum Gasteiger partial charge on any atom is -0.344 e. The Morgan fingerprint density at radius 3 is 3.00 bits per heavy atom. The number of hydrogen-bond acceptors (Lipinski definition) is 5. The number of fused-ring (bicyclic) bond motifs is 1. The van der Waals surface area contributed by atoms with Gasteiger partial charge in [-0.05, 0) is 19.3 Å². The van der Waals surface area contributed by atoms with Crippen LogP contribution in [0.1, 0.15) is 28.6 Å². The van der Waals surface area contributed by atoms with E-state index in [4.69, 9.17) is 10.2 Å². The van der Waals surface area contributed by atoms with Crippen molar-refractivity contribution in [1.82, 2.24) is 14.8 Å². The summed E-state index contributed by atoms with van der Waals surface area (Å²) in [5, 5.41) is 14.2. The number of thiazole rings is 1. The molecular formula is C13H13N5S. The van der Waals surface area contributed by atoms with E-state index in [-0.39, 0.29) is 0 Å². The number of hydrogen-bond donors (Lipinski definition) is 0. The van der Waals surface area contributed by atoms with E-state index in [0.717, 1.165) is 24.6 Å². The molecule has 0 saturated carbocycles. The maximum absolute atomic E-state index is 8.80. The third-order valence-electron chi connectivity index (χ3n) is 3.82. The number of aromatic nitrogens is 3. The minimum atomic E-state index is 0.376. The maximum atomic E-state index is 8.80. The quantitative estimate of drug-likeness (QED) is 0.835. The van der Waals surface area contributed by atoms with Crippen LogP contribution in [0, 0.1) is 11.3 Å². The zero-order chi connectivity index (χ0) is 12.8. The van der Waals surface area contributed by atoms with Crippen molar-refractivity contribution in [2.24, 2.45) is 0 Å².